The summed E-state index contributed by atoms with van der Waals surface area (Å²) >= 11 is 0. The Kier molecular flexibility index (Phi) is 7.03. The zero-order chi connectivity index (χ0) is 35.6. The first-order chi connectivity index (χ1) is 26.8. The molecule has 0 saturated heterocycles. The van der Waals surface area contributed by atoms with Crippen molar-refractivity contribution in [1.82, 2.24) is 4.57 Å². The van der Waals surface area contributed by atoms with Crippen molar-refractivity contribution in [1.29, 1.82) is 0 Å². The number of rotatable bonds is 5. The SMILES string of the molecule is c1ccc(C2c3ccc4c5ccccc5n(-c5cccc(-c6ccc7cc8ccccc8cc7c6)c5)c4c3N(c3ccccc3)C2c2ccccc2)cc1. The summed E-state index contributed by atoms with van der Waals surface area (Å²) in [4.78, 5) is 2.62. The predicted molar refractivity (Wildman–Crippen MR) is 227 cm³/mol. The summed E-state index contributed by atoms with van der Waals surface area (Å²) in [6, 6.07) is 76.1. The lowest BCUT2D eigenvalue weighted by atomic mass is 9.84. The lowest BCUT2D eigenvalue weighted by Gasteiger charge is -2.32. The summed E-state index contributed by atoms with van der Waals surface area (Å²) in [5, 5.41) is 7.56. The van der Waals surface area contributed by atoms with Gasteiger partial charge in [-0.2, -0.15) is 0 Å². The molecule has 1 aliphatic heterocycles. The normalized spacial score (nSPS) is 15.4. The lowest BCUT2D eigenvalue weighted by molar-refractivity contribution is 0.658. The van der Waals surface area contributed by atoms with Crippen LogP contribution in [0, 0.1) is 0 Å². The highest BCUT2D eigenvalue weighted by Gasteiger charge is 2.43. The van der Waals surface area contributed by atoms with Crippen LogP contribution in [0.1, 0.15) is 28.7 Å². The van der Waals surface area contributed by atoms with E-state index in [2.05, 4.69) is 216 Å². The van der Waals surface area contributed by atoms with E-state index >= 15 is 0 Å². The van der Waals surface area contributed by atoms with Crippen molar-refractivity contribution in [3.8, 4) is 16.8 Å². The van der Waals surface area contributed by atoms with Gasteiger partial charge in [-0.15, -0.1) is 0 Å². The van der Waals surface area contributed by atoms with Crippen LogP contribution in [0.25, 0.3) is 60.2 Å². The second kappa shape index (κ2) is 12.4. The number of para-hydroxylation sites is 2. The van der Waals surface area contributed by atoms with Gasteiger partial charge in [-0.25, -0.2) is 0 Å². The van der Waals surface area contributed by atoms with E-state index in [1.54, 1.807) is 0 Å². The first-order valence-electron chi connectivity index (χ1n) is 18.8. The summed E-state index contributed by atoms with van der Waals surface area (Å²) in [5.74, 6) is 0.125. The first kappa shape index (κ1) is 30.7. The minimum Gasteiger partial charge on any atom is -0.331 e. The maximum atomic E-state index is 2.62. The smallest absolute Gasteiger partial charge is 0.0782 e. The molecule has 0 fully saturated rings. The monoisotopic (exact) mass is 688 g/mol. The number of nitrogens with zero attached hydrogens (tertiary/aromatic N) is 2. The molecule has 0 aliphatic carbocycles. The Morgan fingerprint density at radius 1 is 0.370 bits per heavy atom. The van der Waals surface area contributed by atoms with E-state index in [-0.39, 0.29) is 12.0 Å². The molecule has 9 aromatic carbocycles. The summed E-state index contributed by atoms with van der Waals surface area (Å²) in [6.45, 7) is 0. The topological polar surface area (TPSA) is 8.17 Å². The van der Waals surface area contributed by atoms with Gasteiger partial charge in [0.25, 0.3) is 0 Å². The third-order valence-corrected chi connectivity index (χ3v) is 11.5. The number of anilines is 2. The zero-order valence-electron chi connectivity index (χ0n) is 29.7. The molecule has 2 nitrogen and oxygen atoms in total. The van der Waals surface area contributed by atoms with Gasteiger partial charge in [-0.1, -0.05) is 158 Å². The van der Waals surface area contributed by atoms with Gasteiger partial charge in [-0.3, -0.25) is 0 Å². The van der Waals surface area contributed by atoms with E-state index in [9.17, 15) is 0 Å². The van der Waals surface area contributed by atoms with Crippen LogP contribution < -0.4 is 4.90 Å². The van der Waals surface area contributed by atoms with Gasteiger partial charge in [0, 0.05) is 28.1 Å². The molecule has 254 valence electrons. The van der Waals surface area contributed by atoms with Gasteiger partial charge < -0.3 is 9.47 Å². The second-order valence-electron chi connectivity index (χ2n) is 14.5. The number of hydrogen-bond donors (Lipinski definition) is 0. The molecule has 0 N–H and O–H groups in total. The minimum absolute atomic E-state index is 0.0584. The van der Waals surface area contributed by atoms with E-state index in [1.807, 2.05) is 0 Å². The zero-order valence-corrected chi connectivity index (χ0v) is 29.7. The van der Waals surface area contributed by atoms with Crippen LogP contribution in [0.3, 0.4) is 0 Å². The van der Waals surface area contributed by atoms with Crippen LogP contribution in [-0.2, 0) is 0 Å². The Bertz CT molecular complexity index is 3000. The molecule has 54 heavy (non-hydrogen) atoms. The molecule has 1 aromatic heterocycles. The molecule has 2 unspecified atom stereocenters. The Labute approximate surface area is 314 Å². The maximum absolute atomic E-state index is 2.62. The first-order valence-corrected chi connectivity index (χ1v) is 18.8. The van der Waals surface area contributed by atoms with E-state index in [4.69, 9.17) is 0 Å². The Hall–Kier alpha value is -6.90. The fraction of sp³-hybridized carbons (Fsp3) is 0.0385. The van der Waals surface area contributed by atoms with Gasteiger partial charge in [0.05, 0.1) is 22.8 Å². The van der Waals surface area contributed by atoms with Crippen LogP contribution >= 0.6 is 0 Å². The number of hydrogen-bond acceptors (Lipinski definition) is 1. The van der Waals surface area contributed by atoms with Crippen molar-refractivity contribution in [2.24, 2.45) is 0 Å². The van der Waals surface area contributed by atoms with Gasteiger partial charge in [0.1, 0.15) is 0 Å². The minimum atomic E-state index is 0.0584. The third-order valence-electron chi connectivity index (χ3n) is 11.5. The molecule has 10 aromatic rings. The highest BCUT2D eigenvalue weighted by Crippen LogP contribution is 2.58. The number of aromatic nitrogens is 1. The standard InChI is InChI=1S/C52H36N2/c1-4-15-35(16-5-1)49-47-30-29-46-45-25-12-13-26-48(45)53(51(46)52(47)54(43-22-8-3-9-23-43)50(49)36-17-6-2-7-18-36)44-24-14-21-39(34-44)40-27-28-41-31-37-19-10-11-20-38(37)32-42(41)33-40/h1-34,49-50H. The van der Waals surface area contributed by atoms with E-state index < -0.39 is 0 Å². The molecule has 11 rings (SSSR count). The highest BCUT2D eigenvalue weighted by molar-refractivity contribution is 6.15. The molecule has 1 aliphatic rings. The fourth-order valence-corrected chi connectivity index (χ4v) is 9.12. The quantitative estimate of drug-likeness (QED) is 0.163. The molecular weight excluding hydrogens is 653 g/mol. The summed E-state index contributed by atoms with van der Waals surface area (Å²) in [6.07, 6.45) is 0. The van der Waals surface area contributed by atoms with Crippen molar-refractivity contribution >= 4 is 54.7 Å². The predicted octanol–water partition coefficient (Wildman–Crippen LogP) is 13.8. The molecule has 0 amide bonds. The van der Waals surface area contributed by atoms with Gasteiger partial charge in [0.2, 0.25) is 0 Å². The van der Waals surface area contributed by atoms with Crippen molar-refractivity contribution in [3.05, 3.63) is 223 Å². The number of benzene rings is 9. The van der Waals surface area contributed by atoms with E-state index in [0.29, 0.717) is 0 Å². The van der Waals surface area contributed by atoms with E-state index in [1.165, 1.54) is 82.5 Å². The van der Waals surface area contributed by atoms with E-state index in [0.717, 1.165) is 5.69 Å². The molecule has 2 heterocycles. The third kappa shape index (κ3) is 4.81. The molecule has 2 atom stereocenters. The lowest BCUT2D eigenvalue weighted by Crippen LogP contribution is -2.23. The summed E-state index contributed by atoms with van der Waals surface area (Å²) < 4.78 is 2.52. The average Bonchev–Trinajstić information content (AvgIpc) is 3.77. The van der Waals surface area contributed by atoms with Gasteiger partial charge in [-0.05, 0) is 97.9 Å². The summed E-state index contributed by atoms with van der Waals surface area (Å²) in [7, 11) is 0. The van der Waals surface area contributed by atoms with Gasteiger partial charge in [0.15, 0.2) is 0 Å². The molecular formula is C52H36N2. The van der Waals surface area contributed by atoms with Crippen molar-refractivity contribution < 1.29 is 0 Å². The van der Waals surface area contributed by atoms with Gasteiger partial charge >= 0.3 is 0 Å². The Balaban J connectivity index is 1.18. The largest absolute Gasteiger partial charge is 0.331 e. The second-order valence-corrected chi connectivity index (χ2v) is 14.5. The average molecular weight is 689 g/mol. The van der Waals surface area contributed by atoms with Crippen molar-refractivity contribution in [2.45, 2.75) is 12.0 Å². The van der Waals surface area contributed by atoms with Crippen molar-refractivity contribution in [2.75, 3.05) is 4.90 Å². The molecule has 0 saturated carbocycles. The molecule has 0 spiro atoms. The highest BCUT2D eigenvalue weighted by atomic mass is 15.2. The number of fused-ring (bicyclic) bond motifs is 7. The fourth-order valence-electron chi connectivity index (χ4n) is 9.12. The molecule has 2 heteroatoms. The Morgan fingerprint density at radius 3 is 1.76 bits per heavy atom. The van der Waals surface area contributed by atoms with Crippen LogP contribution in [0.15, 0.2) is 206 Å². The maximum Gasteiger partial charge on any atom is 0.0782 e. The van der Waals surface area contributed by atoms with Crippen LogP contribution in [-0.4, -0.2) is 4.57 Å². The van der Waals surface area contributed by atoms with Crippen LogP contribution in [0.4, 0.5) is 11.4 Å². The Morgan fingerprint density at radius 2 is 0.981 bits per heavy atom. The van der Waals surface area contributed by atoms with Crippen LogP contribution in [0.5, 0.6) is 0 Å². The molecule has 0 radical (unpaired) electrons. The molecule has 0 bridgehead atoms. The van der Waals surface area contributed by atoms with Crippen molar-refractivity contribution in [3.63, 3.8) is 0 Å². The van der Waals surface area contributed by atoms with Crippen LogP contribution in [0.2, 0.25) is 0 Å². The summed E-state index contributed by atoms with van der Waals surface area (Å²) in [5.41, 5.74) is 12.4.